The van der Waals surface area contributed by atoms with E-state index in [0.29, 0.717) is 18.5 Å². The first-order chi connectivity index (χ1) is 11.1. The molecular formula is C18H32IN3O2. The van der Waals surface area contributed by atoms with Crippen molar-refractivity contribution in [3.8, 4) is 0 Å². The molecule has 0 radical (unpaired) electrons. The van der Waals surface area contributed by atoms with Gasteiger partial charge in [-0.3, -0.25) is 9.79 Å². The van der Waals surface area contributed by atoms with Gasteiger partial charge in [-0.25, -0.2) is 0 Å². The zero-order chi connectivity index (χ0) is 16.4. The van der Waals surface area contributed by atoms with Gasteiger partial charge in [-0.15, -0.1) is 24.0 Å². The van der Waals surface area contributed by atoms with Gasteiger partial charge in [-0.05, 0) is 24.2 Å². The van der Waals surface area contributed by atoms with Gasteiger partial charge in [-0.2, -0.15) is 0 Å². The summed E-state index contributed by atoms with van der Waals surface area (Å²) in [5.41, 5.74) is 0. The van der Waals surface area contributed by atoms with Crippen LogP contribution in [0.2, 0.25) is 0 Å². The molecule has 3 rings (SSSR count). The van der Waals surface area contributed by atoms with Crippen LogP contribution >= 0.6 is 24.0 Å². The Balaban J connectivity index is 0.00000208. The van der Waals surface area contributed by atoms with Gasteiger partial charge in [0.2, 0.25) is 0 Å². The molecule has 0 aromatic rings. The second-order valence-corrected chi connectivity index (χ2v) is 7.61. The smallest absolute Gasteiger partial charge is 0.310 e. The van der Waals surface area contributed by atoms with Crippen LogP contribution in [0.1, 0.15) is 45.4 Å². The molecule has 1 N–H and O–H groups in total. The van der Waals surface area contributed by atoms with E-state index in [4.69, 9.17) is 4.74 Å². The molecule has 4 unspecified atom stereocenters. The highest BCUT2D eigenvalue weighted by Gasteiger charge is 2.45. The third kappa shape index (κ3) is 4.35. The summed E-state index contributed by atoms with van der Waals surface area (Å²) in [4.78, 5) is 18.6. The van der Waals surface area contributed by atoms with Gasteiger partial charge in [-0.1, -0.05) is 39.0 Å². The van der Waals surface area contributed by atoms with Gasteiger partial charge >= 0.3 is 5.97 Å². The van der Waals surface area contributed by atoms with Crippen LogP contribution in [0.25, 0.3) is 0 Å². The van der Waals surface area contributed by atoms with Crippen molar-refractivity contribution in [1.29, 1.82) is 0 Å². The highest BCUT2D eigenvalue weighted by Crippen LogP contribution is 2.44. The number of halogens is 1. The zero-order valence-electron chi connectivity index (χ0n) is 15.2. The molecule has 1 saturated heterocycles. The molecule has 0 aromatic heterocycles. The quantitative estimate of drug-likeness (QED) is 0.312. The van der Waals surface area contributed by atoms with Crippen LogP contribution in [0, 0.1) is 23.7 Å². The Morgan fingerprint density at radius 2 is 1.92 bits per heavy atom. The molecule has 4 atom stereocenters. The van der Waals surface area contributed by atoms with Crippen molar-refractivity contribution in [1.82, 2.24) is 10.2 Å². The van der Waals surface area contributed by atoms with E-state index in [1.807, 2.05) is 7.05 Å². The second-order valence-electron chi connectivity index (χ2n) is 7.61. The number of esters is 1. The number of guanidine groups is 1. The van der Waals surface area contributed by atoms with Crippen LogP contribution in [-0.2, 0) is 9.53 Å². The molecule has 3 aliphatic rings. The summed E-state index contributed by atoms with van der Waals surface area (Å²) in [6, 6.07) is 0.587. The average molecular weight is 449 g/mol. The van der Waals surface area contributed by atoms with Gasteiger partial charge in [0, 0.05) is 26.2 Å². The molecule has 1 heterocycles. The molecule has 1 aliphatic heterocycles. The standard InChI is InChI=1S/C18H31N3O2.HI/c1-12-10-21(11-15(12)17(22)23-3)18(19-2)20-16-9-14(16)13-7-5-4-6-8-13;/h12-16H,4-11H2,1-3H3,(H,19,20);1H. The summed E-state index contributed by atoms with van der Waals surface area (Å²) in [7, 11) is 3.32. The van der Waals surface area contributed by atoms with Crippen molar-refractivity contribution >= 4 is 35.9 Å². The Bertz CT molecular complexity index is 465. The molecule has 3 fully saturated rings. The first-order valence-corrected chi connectivity index (χ1v) is 9.20. The van der Waals surface area contributed by atoms with E-state index in [1.165, 1.54) is 45.6 Å². The third-order valence-electron chi connectivity index (χ3n) is 6.04. The van der Waals surface area contributed by atoms with Gasteiger partial charge in [0.15, 0.2) is 5.96 Å². The molecule has 6 heteroatoms. The molecule has 5 nitrogen and oxygen atoms in total. The molecule has 0 bridgehead atoms. The van der Waals surface area contributed by atoms with Gasteiger partial charge in [0.05, 0.1) is 13.0 Å². The number of hydrogen-bond acceptors (Lipinski definition) is 3. The number of nitrogens with one attached hydrogen (secondary N) is 1. The molecule has 0 amide bonds. The number of nitrogens with zero attached hydrogens (tertiary/aromatic N) is 2. The Kier molecular flexibility index (Phi) is 7.19. The van der Waals surface area contributed by atoms with Crippen LogP contribution in [0.15, 0.2) is 4.99 Å². The van der Waals surface area contributed by atoms with E-state index in [1.54, 1.807) is 0 Å². The fraction of sp³-hybridized carbons (Fsp3) is 0.889. The second kappa shape index (κ2) is 8.72. The Morgan fingerprint density at radius 3 is 2.54 bits per heavy atom. The summed E-state index contributed by atoms with van der Waals surface area (Å²) >= 11 is 0. The topological polar surface area (TPSA) is 53.9 Å². The Hall–Kier alpha value is -0.530. The monoisotopic (exact) mass is 449 g/mol. The number of ether oxygens (including phenoxy) is 1. The SMILES string of the molecule is CN=C(NC1CC1C1CCCCC1)N1CC(C)C(C(=O)OC)C1.I. The molecular weight excluding hydrogens is 417 g/mol. The van der Waals surface area contributed by atoms with Crippen molar-refractivity contribution in [3.05, 3.63) is 0 Å². The van der Waals surface area contributed by atoms with E-state index in [-0.39, 0.29) is 35.9 Å². The van der Waals surface area contributed by atoms with Crippen molar-refractivity contribution in [3.63, 3.8) is 0 Å². The first kappa shape index (κ1) is 19.8. The summed E-state index contributed by atoms with van der Waals surface area (Å²) < 4.78 is 4.93. The Morgan fingerprint density at radius 1 is 1.21 bits per heavy atom. The number of methoxy groups -OCH3 is 1. The Labute approximate surface area is 163 Å². The lowest BCUT2D eigenvalue weighted by molar-refractivity contribution is -0.145. The number of carbonyl (C=O) groups excluding carboxylic acids is 1. The van der Waals surface area contributed by atoms with Gasteiger partial charge < -0.3 is 15.0 Å². The van der Waals surface area contributed by atoms with E-state index in [2.05, 4.69) is 22.1 Å². The number of aliphatic imine (C=N–C) groups is 1. The van der Waals surface area contributed by atoms with Crippen molar-refractivity contribution < 1.29 is 9.53 Å². The van der Waals surface area contributed by atoms with Crippen molar-refractivity contribution in [2.75, 3.05) is 27.2 Å². The molecule has 2 aliphatic carbocycles. The maximum atomic E-state index is 11.9. The van der Waals surface area contributed by atoms with Crippen molar-refractivity contribution in [2.24, 2.45) is 28.7 Å². The van der Waals surface area contributed by atoms with Crippen LogP contribution in [0.3, 0.4) is 0 Å². The molecule has 2 saturated carbocycles. The van der Waals surface area contributed by atoms with E-state index >= 15 is 0 Å². The van der Waals surface area contributed by atoms with E-state index in [9.17, 15) is 4.79 Å². The number of carbonyl (C=O) groups is 1. The van der Waals surface area contributed by atoms with Crippen LogP contribution in [0.4, 0.5) is 0 Å². The number of rotatable bonds is 3. The average Bonchev–Trinajstić information content (AvgIpc) is 3.25. The summed E-state index contributed by atoms with van der Waals surface area (Å²) in [6.07, 6.45) is 8.34. The van der Waals surface area contributed by atoms with E-state index in [0.717, 1.165) is 24.3 Å². The minimum absolute atomic E-state index is 0. The lowest BCUT2D eigenvalue weighted by atomic mass is 9.85. The first-order valence-electron chi connectivity index (χ1n) is 9.20. The minimum Gasteiger partial charge on any atom is -0.469 e. The fourth-order valence-electron chi connectivity index (χ4n) is 4.52. The predicted octanol–water partition coefficient (Wildman–Crippen LogP) is 2.89. The molecule has 24 heavy (non-hydrogen) atoms. The largest absolute Gasteiger partial charge is 0.469 e. The number of likely N-dealkylation sites (tertiary alicyclic amines) is 1. The summed E-state index contributed by atoms with van der Waals surface area (Å²) in [5, 5.41) is 3.65. The lowest BCUT2D eigenvalue weighted by Gasteiger charge is -2.24. The summed E-state index contributed by atoms with van der Waals surface area (Å²) in [5.74, 6) is 2.90. The number of hydrogen-bond donors (Lipinski definition) is 1. The minimum atomic E-state index is -0.0954. The maximum Gasteiger partial charge on any atom is 0.310 e. The molecule has 0 aromatic carbocycles. The highest BCUT2D eigenvalue weighted by molar-refractivity contribution is 14.0. The lowest BCUT2D eigenvalue weighted by Crippen LogP contribution is -2.42. The summed E-state index contributed by atoms with van der Waals surface area (Å²) in [6.45, 7) is 3.71. The molecule has 0 spiro atoms. The van der Waals surface area contributed by atoms with Crippen LogP contribution in [-0.4, -0.2) is 50.1 Å². The van der Waals surface area contributed by atoms with Gasteiger partial charge in [0.1, 0.15) is 0 Å². The van der Waals surface area contributed by atoms with E-state index < -0.39 is 0 Å². The van der Waals surface area contributed by atoms with Crippen molar-refractivity contribution in [2.45, 2.75) is 51.5 Å². The maximum absolute atomic E-state index is 11.9. The predicted molar refractivity (Wildman–Crippen MR) is 107 cm³/mol. The normalized spacial score (nSPS) is 33.8. The highest BCUT2D eigenvalue weighted by atomic mass is 127. The van der Waals surface area contributed by atoms with Crippen LogP contribution < -0.4 is 5.32 Å². The third-order valence-corrected chi connectivity index (χ3v) is 6.04. The zero-order valence-corrected chi connectivity index (χ0v) is 17.5. The molecule has 138 valence electrons. The van der Waals surface area contributed by atoms with Gasteiger partial charge in [0.25, 0.3) is 0 Å². The van der Waals surface area contributed by atoms with Crippen LogP contribution in [0.5, 0.6) is 0 Å². The fourth-order valence-corrected chi connectivity index (χ4v) is 4.52.